The number of ether oxygens (including phenoxy) is 1. The SMILES string of the molecule is CN(C)CC(=O)N1CCO[C@]2(CCCN(c3cccc(C#N)n3)C2)C1. The molecule has 7 heteroatoms. The highest BCUT2D eigenvalue weighted by atomic mass is 16.5. The van der Waals surface area contributed by atoms with Crippen molar-refractivity contribution in [3.05, 3.63) is 23.9 Å². The quantitative estimate of drug-likeness (QED) is 0.805. The second-order valence-electron chi connectivity index (χ2n) is 7.10. The summed E-state index contributed by atoms with van der Waals surface area (Å²) < 4.78 is 6.16. The van der Waals surface area contributed by atoms with E-state index >= 15 is 0 Å². The van der Waals surface area contributed by atoms with Gasteiger partial charge in [0.15, 0.2) is 0 Å². The highest BCUT2D eigenvalue weighted by Crippen LogP contribution is 2.31. The van der Waals surface area contributed by atoms with Crippen LogP contribution in [0.1, 0.15) is 18.5 Å². The Bertz CT molecular complexity index is 668. The summed E-state index contributed by atoms with van der Waals surface area (Å²) in [4.78, 5) is 22.8. The number of carbonyl (C=O) groups is 1. The van der Waals surface area contributed by atoms with Crippen LogP contribution in [0, 0.1) is 11.3 Å². The van der Waals surface area contributed by atoms with Gasteiger partial charge in [0.1, 0.15) is 23.2 Å². The molecule has 1 spiro atoms. The molecule has 134 valence electrons. The van der Waals surface area contributed by atoms with Crippen molar-refractivity contribution in [2.24, 2.45) is 0 Å². The summed E-state index contributed by atoms with van der Waals surface area (Å²) in [7, 11) is 3.81. The molecular formula is C18H25N5O2. The van der Waals surface area contributed by atoms with Gasteiger partial charge in [-0.15, -0.1) is 0 Å². The zero-order chi connectivity index (χ0) is 17.9. The van der Waals surface area contributed by atoms with Gasteiger partial charge < -0.3 is 19.4 Å². The van der Waals surface area contributed by atoms with Gasteiger partial charge in [0, 0.05) is 13.1 Å². The van der Waals surface area contributed by atoms with E-state index in [1.807, 2.05) is 36.0 Å². The van der Waals surface area contributed by atoms with Crippen molar-refractivity contribution in [3.8, 4) is 6.07 Å². The van der Waals surface area contributed by atoms with Crippen LogP contribution < -0.4 is 4.90 Å². The van der Waals surface area contributed by atoms with Crippen molar-refractivity contribution in [2.75, 3.05) is 58.3 Å². The van der Waals surface area contributed by atoms with E-state index in [-0.39, 0.29) is 11.5 Å². The van der Waals surface area contributed by atoms with Crippen molar-refractivity contribution in [2.45, 2.75) is 18.4 Å². The van der Waals surface area contributed by atoms with Gasteiger partial charge in [-0.25, -0.2) is 4.98 Å². The number of anilines is 1. The van der Waals surface area contributed by atoms with Crippen molar-refractivity contribution in [3.63, 3.8) is 0 Å². The van der Waals surface area contributed by atoms with Crippen molar-refractivity contribution >= 4 is 11.7 Å². The summed E-state index contributed by atoms with van der Waals surface area (Å²) in [6.45, 7) is 3.84. The number of rotatable bonds is 3. The van der Waals surface area contributed by atoms with Crippen LogP contribution in [0.4, 0.5) is 5.82 Å². The molecule has 2 saturated heterocycles. The Kier molecular flexibility index (Phi) is 5.21. The summed E-state index contributed by atoms with van der Waals surface area (Å²) in [5.41, 5.74) is 0.0764. The second-order valence-corrected chi connectivity index (χ2v) is 7.10. The van der Waals surface area contributed by atoms with Crippen LogP contribution in [0.25, 0.3) is 0 Å². The number of piperidine rings is 1. The maximum absolute atomic E-state index is 12.4. The number of morpholine rings is 1. The zero-order valence-electron chi connectivity index (χ0n) is 14.9. The van der Waals surface area contributed by atoms with Crippen LogP contribution in [0.15, 0.2) is 18.2 Å². The summed E-state index contributed by atoms with van der Waals surface area (Å²) in [5, 5.41) is 9.07. The number of aromatic nitrogens is 1. The first-order chi connectivity index (χ1) is 12.0. The van der Waals surface area contributed by atoms with E-state index in [2.05, 4.69) is 16.0 Å². The lowest BCUT2D eigenvalue weighted by Crippen LogP contribution is -2.61. The topological polar surface area (TPSA) is 72.7 Å². The average Bonchev–Trinajstić information content (AvgIpc) is 2.61. The third-order valence-corrected chi connectivity index (χ3v) is 4.77. The third-order valence-electron chi connectivity index (χ3n) is 4.77. The van der Waals surface area contributed by atoms with Crippen LogP contribution in [0.3, 0.4) is 0 Å². The molecule has 1 amide bonds. The molecule has 1 atom stereocenters. The van der Waals surface area contributed by atoms with E-state index in [9.17, 15) is 4.79 Å². The fourth-order valence-electron chi connectivity index (χ4n) is 3.63. The van der Waals surface area contributed by atoms with E-state index in [1.165, 1.54) is 0 Å². The van der Waals surface area contributed by atoms with Gasteiger partial charge in [-0.2, -0.15) is 5.26 Å². The molecule has 7 nitrogen and oxygen atoms in total. The zero-order valence-corrected chi connectivity index (χ0v) is 14.9. The van der Waals surface area contributed by atoms with Crippen LogP contribution in [-0.4, -0.2) is 79.7 Å². The molecule has 3 rings (SSSR count). The van der Waals surface area contributed by atoms with Crippen molar-refractivity contribution < 1.29 is 9.53 Å². The molecule has 0 N–H and O–H groups in total. The maximum Gasteiger partial charge on any atom is 0.236 e. The number of carbonyl (C=O) groups excluding carboxylic acids is 1. The first kappa shape index (κ1) is 17.6. The van der Waals surface area contributed by atoms with Gasteiger partial charge in [-0.3, -0.25) is 4.79 Å². The van der Waals surface area contributed by atoms with E-state index < -0.39 is 0 Å². The molecule has 2 aliphatic heterocycles. The molecule has 1 aromatic heterocycles. The number of hydrogen-bond acceptors (Lipinski definition) is 6. The van der Waals surface area contributed by atoms with Crippen molar-refractivity contribution in [1.29, 1.82) is 5.26 Å². The van der Waals surface area contributed by atoms with Crippen LogP contribution in [0.5, 0.6) is 0 Å². The summed E-state index contributed by atoms with van der Waals surface area (Å²) >= 11 is 0. The van der Waals surface area contributed by atoms with Gasteiger partial charge in [0.05, 0.1) is 26.2 Å². The smallest absolute Gasteiger partial charge is 0.236 e. The first-order valence-electron chi connectivity index (χ1n) is 8.70. The maximum atomic E-state index is 12.4. The van der Waals surface area contributed by atoms with Gasteiger partial charge in [0.2, 0.25) is 5.91 Å². The molecule has 0 bridgehead atoms. The molecule has 0 radical (unpaired) electrons. The standard InChI is InChI=1S/C18H25N5O2/c1-21(2)12-17(24)23-9-10-25-18(14-23)7-4-8-22(13-18)16-6-3-5-15(11-19)20-16/h3,5-6H,4,7-10,12-14H2,1-2H3/t18-/m0/s1. The van der Waals surface area contributed by atoms with Gasteiger partial charge in [-0.05, 0) is 39.1 Å². The molecule has 25 heavy (non-hydrogen) atoms. The van der Waals surface area contributed by atoms with Gasteiger partial charge >= 0.3 is 0 Å². The van der Waals surface area contributed by atoms with Crippen molar-refractivity contribution in [1.82, 2.24) is 14.8 Å². The van der Waals surface area contributed by atoms with E-state index in [0.717, 1.165) is 25.2 Å². The van der Waals surface area contributed by atoms with Gasteiger partial charge in [-0.1, -0.05) is 6.07 Å². The molecular weight excluding hydrogens is 318 g/mol. The third kappa shape index (κ3) is 4.09. The Balaban J connectivity index is 1.73. The van der Waals surface area contributed by atoms with E-state index in [0.29, 0.717) is 38.5 Å². The Hall–Kier alpha value is -2.17. The highest BCUT2D eigenvalue weighted by Gasteiger charge is 2.42. The molecule has 2 aliphatic rings. The second kappa shape index (κ2) is 7.38. The summed E-state index contributed by atoms with van der Waals surface area (Å²) in [6, 6.07) is 7.59. The van der Waals surface area contributed by atoms with Crippen LogP contribution in [-0.2, 0) is 9.53 Å². The Morgan fingerprint density at radius 3 is 3.00 bits per heavy atom. The lowest BCUT2D eigenvalue weighted by Gasteiger charge is -2.48. The lowest BCUT2D eigenvalue weighted by molar-refractivity contribution is -0.152. The average molecular weight is 343 g/mol. The van der Waals surface area contributed by atoms with Crippen LogP contribution >= 0.6 is 0 Å². The number of nitrogens with zero attached hydrogens (tertiary/aromatic N) is 5. The molecule has 3 heterocycles. The summed E-state index contributed by atoms with van der Waals surface area (Å²) in [6.07, 6.45) is 1.92. The van der Waals surface area contributed by atoms with Crippen LogP contribution in [0.2, 0.25) is 0 Å². The largest absolute Gasteiger partial charge is 0.369 e. The molecule has 0 aromatic carbocycles. The predicted octanol–water partition coefficient (Wildman–Crippen LogP) is 0.713. The molecule has 0 unspecified atom stereocenters. The molecule has 2 fully saturated rings. The van der Waals surface area contributed by atoms with E-state index in [1.54, 1.807) is 6.07 Å². The molecule has 0 saturated carbocycles. The number of hydrogen-bond donors (Lipinski definition) is 0. The molecule has 0 aliphatic carbocycles. The normalized spacial score (nSPS) is 23.8. The minimum atomic E-state index is -0.344. The fourth-order valence-corrected chi connectivity index (χ4v) is 3.63. The summed E-state index contributed by atoms with van der Waals surface area (Å²) in [5.74, 6) is 0.952. The molecule has 1 aromatic rings. The van der Waals surface area contributed by atoms with E-state index in [4.69, 9.17) is 10.00 Å². The minimum absolute atomic E-state index is 0.148. The monoisotopic (exact) mass is 343 g/mol. The number of likely N-dealkylation sites (N-methyl/N-ethyl adjacent to an activating group) is 1. The number of nitriles is 1. The minimum Gasteiger partial charge on any atom is -0.369 e. The Morgan fingerprint density at radius 1 is 1.40 bits per heavy atom. The first-order valence-corrected chi connectivity index (χ1v) is 8.70. The van der Waals surface area contributed by atoms with Gasteiger partial charge in [0.25, 0.3) is 0 Å². The predicted molar refractivity (Wildman–Crippen MR) is 94.2 cm³/mol. The Labute approximate surface area is 148 Å². The highest BCUT2D eigenvalue weighted by molar-refractivity contribution is 5.78. The fraction of sp³-hybridized carbons (Fsp3) is 0.611. The number of amides is 1. The Morgan fingerprint density at radius 2 is 2.24 bits per heavy atom. The number of pyridine rings is 1. The lowest BCUT2D eigenvalue weighted by atomic mass is 9.90.